The zero-order valence-electron chi connectivity index (χ0n) is 9.18. The number of benzene rings is 1. The van der Waals surface area contributed by atoms with Crippen molar-refractivity contribution in [3.8, 4) is 0 Å². The second-order valence-corrected chi connectivity index (χ2v) is 5.08. The standard InChI is InChI=1S/C12H7BrF3NO/c1-5-7-2-6(13)3-8(12(14,15)16)11(7)18-10(5)9-4-17-9/h2-4,9H,1H3. The summed E-state index contributed by atoms with van der Waals surface area (Å²) in [7, 11) is 0. The predicted molar refractivity (Wildman–Crippen MR) is 64.9 cm³/mol. The Morgan fingerprint density at radius 2 is 2.00 bits per heavy atom. The first kappa shape index (κ1) is 11.8. The lowest BCUT2D eigenvalue weighted by Crippen LogP contribution is -2.05. The summed E-state index contributed by atoms with van der Waals surface area (Å²) in [6.45, 7) is 1.75. The maximum Gasteiger partial charge on any atom is 0.420 e. The molecule has 0 amide bonds. The molecule has 2 heterocycles. The summed E-state index contributed by atoms with van der Waals surface area (Å²) < 4.78 is 44.6. The minimum Gasteiger partial charge on any atom is -0.457 e. The number of halogens is 4. The molecular formula is C12H7BrF3NO. The molecule has 1 aromatic carbocycles. The minimum atomic E-state index is -4.44. The molecule has 2 aromatic rings. The molecule has 0 radical (unpaired) electrons. The number of aryl methyl sites for hydroxylation is 1. The quantitative estimate of drug-likeness (QED) is 0.751. The van der Waals surface area contributed by atoms with Crippen LogP contribution in [0, 0.1) is 6.92 Å². The van der Waals surface area contributed by atoms with Crippen LogP contribution in [-0.4, -0.2) is 6.21 Å². The van der Waals surface area contributed by atoms with Crippen molar-refractivity contribution < 1.29 is 17.6 Å². The highest BCUT2D eigenvalue weighted by molar-refractivity contribution is 9.10. The van der Waals surface area contributed by atoms with Crippen molar-refractivity contribution in [3.63, 3.8) is 0 Å². The number of rotatable bonds is 1. The Morgan fingerprint density at radius 3 is 2.56 bits per heavy atom. The van der Waals surface area contributed by atoms with Crippen LogP contribution in [0.25, 0.3) is 11.0 Å². The van der Waals surface area contributed by atoms with Crippen LogP contribution in [0.1, 0.15) is 22.9 Å². The van der Waals surface area contributed by atoms with E-state index in [0.29, 0.717) is 21.2 Å². The lowest BCUT2D eigenvalue weighted by molar-refractivity contribution is -0.136. The number of aliphatic imine (C=N–C) groups is 1. The molecular weight excluding hydrogens is 311 g/mol. The van der Waals surface area contributed by atoms with E-state index in [1.54, 1.807) is 19.2 Å². The van der Waals surface area contributed by atoms with Crippen molar-refractivity contribution in [1.29, 1.82) is 0 Å². The zero-order chi connectivity index (χ0) is 13.1. The molecule has 0 saturated heterocycles. The average Bonchev–Trinajstić information content (AvgIpc) is 3.04. The van der Waals surface area contributed by atoms with Gasteiger partial charge in [0.15, 0.2) is 0 Å². The van der Waals surface area contributed by atoms with E-state index in [1.807, 2.05) is 0 Å². The molecule has 1 aromatic heterocycles. The fourth-order valence-electron chi connectivity index (χ4n) is 1.97. The molecule has 94 valence electrons. The van der Waals surface area contributed by atoms with E-state index in [1.165, 1.54) is 0 Å². The Morgan fingerprint density at radius 1 is 1.33 bits per heavy atom. The summed E-state index contributed by atoms with van der Waals surface area (Å²) in [6.07, 6.45) is -2.79. The van der Waals surface area contributed by atoms with Gasteiger partial charge in [-0.3, -0.25) is 4.99 Å². The Labute approximate surface area is 109 Å². The van der Waals surface area contributed by atoms with Crippen LogP contribution < -0.4 is 0 Å². The van der Waals surface area contributed by atoms with Gasteiger partial charge >= 0.3 is 6.18 Å². The van der Waals surface area contributed by atoms with Crippen molar-refractivity contribution >= 4 is 33.1 Å². The highest BCUT2D eigenvalue weighted by Gasteiger charge is 2.36. The second-order valence-electron chi connectivity index (χ2n) is 4.16. The van der Waals surface area contributed by atoms with E-state index in [2.05, 4.69) is 20.9 Å². The van der Waals surface area contributed by atoms with Crippen LogP contribution in [-0.2, 0) is 6.18 Å². The van der Waals surface area contributed by atoms with Crippen molar-refractivity contribution in [2.45, 2.75) is 19.1 Å². The van der Waals surface area contributed by atoms with Gasteiger partial charge in [-0.1, -0.05) is 15.9 Å². The molecule has 18 heavy (non-hydrogen) atoms. The fraction of sp³-hybridized carbons (Fsp3) is 0.250. The third-order valence-electron chi connectivity index (χ3n) is 2.91. The van der Waals surface area contributed by atoms with E-state index < -0.39 is 11.7 Å². The number of alkyl halides is 3. The first-order valence-corrected chi connectivity index (χ1v) is 6.00. The topological polar surface area (TPSA) is 25.5 Å². The smallest absolute Gasteiger partial charge is 0.420 e. The van der Waals surface area contributed by atoms with E-state index in [4.69, 9.17) is 4.42 Å². The summed E-state index contributed by atoms with van der Waals surface area (Å²) in [4.78, 5) is 3.93. The van der Waals surface area contributed by atoms with Gasteiger partial charge < -0.3 is 4.42 Å². The molecule has 0 bridgehead atoms. The van der Waals surface area contributed by atoms with Crippen LogP contribution in [0.3, 0.4) is 0 Å². The molecule has 1 aliphatic heterocycles. The number of nitrogens with zero attached hydrogens (tertiary/aromatic N) is 1. The first-order valence-electron chi connectivity index (χ1n) is 5.21. The number of hydrogen-bond donors (Lipinski definition) is 0. The predicted octanol–water partition coefficient (Wildman–Crippen LogP) is 4.65. The number of hydrogen-bond acceptors (Lipinski definition) is 2. The first-order chi connectivity index (χ1) is 8.38. The number of furan rings is 1. The summed E-state index contributed by atoms with van der Waals surface area (Å²) in [5, 5.41) is 0.474. The third kappa shape index (κ3) is 1.75. The fourth-order valence-corrected chi connectivity index (χ4v) is 2.43. The zero-order valence-corrected chi connectivity index (χ0v) is 10.8. The lowest BCUT2D eigenvalue weighted by atomic mass is 10.1. The molecule has 0 aliphatic carbocycles. The summed E-state index contributed by atoms with van der Waals surface area (Å²) in [6, 6.07) is 2.47. The maximum absolute atomic E-state index is 12.9. The van der Waals surface area contributed by atoms with Gasteiger partial charge in [-0.05, 0) is 19.1 Å². The largest absolute Gasteiger partial charge is 0.457 e. The summed E-state index contributed by atoms with van der Waals surface area (Å²) >= 11 is 3.10. The Bertz CT molecular complexity index is 666. The van der Waals surface area contributed by atoms with Gasteiger partial charge in [-0.2, -0.15) is 13.2 Å². The normalized spacial score (nSPS) is 18.6. The van der Waals surface area contributed by atoms with Crippen LogP contribution in [0.2, 0.25) is 0 Å². The average molecular weight is 318 g/mol. The van der Waals surface area contributed by atoms with Crippen LogP contribution in [0.4, 0.5) is 13.2 Å². The van der Waals surface area contributed by atoms with Crippen molar-refractivity contribution in [1.82, 2.24) is 0 Å². The van der Waals surface area contributed by atoms with Crippen molar-refractivity contribution in [2.24, 2.45) is 4.99 Å². The van der Waals surface area contributed by atoms with E-state index in [9.17, 15) is 13.2 Å². The Kier molecular flexibility index (Phi) is 2.35. The molecule has 0 fully saturated rings. The molecule has 0 saturated carbocycles. The van der Waals surface area contributed by atoms with E-state index in [0.717, 1.165) is 6.07 Å². The number of fused-ring (bicyclic) bond motifs is 1. The van der Waals surface area contributed by atoms with Crippen LogP contribution >= 0.6 is 15.9 Å². The van der Waals surface area contributed by atoms with Crippen molar-refractivity contribution in [3.05, 3.63) is 33.5 Å². The Hall–Kier alpha value is -1.30. The molecule has 6 heteroatoms. The molecule has 1 unspecified atom stereocenters. The van der Waals surface area contributed by atoms with E-state index in [-0.39, 0.29) is 11.6 Å². The molecule has 1 atom stereocenters. The van der Waals surface area contributed by atoms with Crippen LogP contribution in [0.5, 0.6) is 0 Å². The Balaban J connectivity index is 2.33. The maximum atomic E-state index is 12.9. The molecule has 0 N–H and O–H groups in total. The van der Waals surface area contributed by atoms with Gasteiger partial charge in [-0.25, -0.2) is 0 Å². The second kappa shape index (κ2) is 3.60. The van der Waals surface area contributed by atoms with Crippen LogP contribution in [0.15, 0.2) is 26.0 Å². The summed E-state index contributed by atoms with van der Waals surface area (Å²) in [5.41, 5.74) is -0.171. The van der Waals surface area contributed by atoms with Gasteiger partial charge in [0.1, 0.15) is 17.4 Å². The van der Waals surface area contributed by atoms with Gasteiger partial charge in [0.25, 0.3) is 0 Å². The highest BCUT2D eigenvalue weighted by atomic mass is 79.9. The van der Waals surface area contributed by atoms with Gasteiger partial charge in [-0.15, -0.1) is 0 Å². The lowest BCUT2D eigenvalue weighted by Gasteiger charge is -2.07. The molecule has 1 aliphatic rings. The monoisotopic (exact) mass is 317 g/mol. The highest BCUT2D eigenvalue weighted by Crippen LogP contribution is 2.42. The third-order valence-corrected chi connectivity index (χ3v) is 3.37. The molecule has 2 nitrogen and oxygen atoms in total. The minimum absolute atomic E-state index is 0.117. The molecule has 0 spiro atoms. The summed E-state index contributed by atoms with van der Waals surface area (Å²) in [5.74, 6) is 0.494. The van der Waals surface area contributed by atoms with Gasteiger partial charge in [0, 0.05) is 21.6 Å². The van der Waals surface area contributed by atoms with Crippen molar-refractivity contribution in [2.75, 3.05) is 0 Å². The van der Waals surface area contributed by atoms with E-state index >= 15 is 0 Å². The van der Waals surface area contributed by atoms with Gasteiger partial charge in [0.2, 0.25) is 0 Å². The SMILES string of the molecule is Cc1c(C2C=N2)oc2c(C(F)(F)F)cc(Br)cc12. The molecule has 3 rings (SSSR count). The van der Waals surface area contributed by atoms with Gasteiger partial charge in [0.05, 0.1) is 5.56 Å².